The molecule has 184 valence electrons. The molecule has 5 rings (SSSR count). The molecule has 5 aliphatic rings. The first kappa shape index (κ1) is 23.5. The number of rotatable bonds is 5. The van der Waals surface area contributed by atoms with Crippen molar-refractivity contribution < 1.29 is 23.8 Å². The molecule has 0 N–H and O–H groups in total. The fourth-order valence-electron chi connectivity index (χ4n) is 8.65. The van der Waals surface area contributed by atoms with E-state index in [0.29, 0.717) is 43.0 Å². The summed E-state index contributed by atoms with van der Waals surface area (Å²) in [7, 11) is 1.83. The van der Waals surface area contributed by atoms with Crippen molar-refractivity contribution in [3.63, 3.8) is 0 Å². The summed E-state index contributed by atoms with van der Waals surface area (Å²) < 4.78 is 18.6. The van der Waals surface area contributed by atoms with E-state index in [1.165, 1.54) is 38.2 Å². The lowest BCUT2D eigenvalue weighted by molar-refractivity contribution is -0.279. The number of fused-ring (bicyclic) bond motifs is 5. The molecule has 0 saturated heterocycles. The molecule has 5 nitrogen and oxygen atoms in total. The molecule has 0 aromatic heterocycles. The lowest BCUT2D eigenvalue weighted by Crippen LogP contribution is -2.54. The smallest absolute Gasteiger partial charge is 0.302 e. The third kappa shape index (κ3) is 3.91. The highest BCUT2D eigenvalue weighted by molar-refractivity contribution is 5.82. The summed E-state index contributed by atoms with van der Waals surface area (Å²) in [5.41, 5.74) is 1.29. The normalized spacial score (nSPS) is 42.0. The van der Waals surface area contributed by atoms with Crippen LogP contribution in [0.1, 0.15) is 97.3 Å². The molecule has 4 fully saturated rings. The van der Waals surface area contributed by atoms with Crippen LogP contribution in [0.4, 0.5) is 0 Å². The number of Topliss-reactive ketones (excluding diaryl/α,β-unsaturated/α-hetero) is 1. The van der Waals surface area contributed by atoms with Crippen LogP contribution in [0.25, 0.3) is 0 Å². The summed E-state index contributed by atoms with van der Waals surface area (Å²) in [4.78, 5) is 24.1. The summed E-state index contributed by atoms with van der Waals surface area (Å²) in [6.07, 6.45) is 15.9. The van der Waals surface area contributed by atoms with Crippen LogP contribution in [-0.4, -0.2) is 37.4 Å². The largest absolute Gasteiger partial charge is 0.465 e. The number of esters is 1. The van der Waals surface area contributed by atoms with Gasteiger partial charge in [0.25, 0.3) is 0 Å². The maximum absolute atomic E-state index is 12.3. The van der Waals surface area contributed by atoms with Crippen molar-refractivity contribution in [1.82, 2.24) is 0 Å². The molecule has 6 atom stereocenters. The molecule has 0 radical (unpaired) electrons. The Morgan fingerprint density at radius 2 is 1.85 bits per heavy atom. The third-order valence-electron chi connectivity index (χ3n) is 10.5. The van der Waals surface area contributed by atoms with Gasteiger partial charge in [0, 0.05) is 45.1 Å². The zero-order chi connectivity index (χ0) is 23.3. The van der Waals surface area contributed by atoms with Crippen molar-refractivity contribution in [2.45, 2.75) is 109 Å². The van der Waals surface area contributed by atoms with Crippen LogP contribution in [0.15, 0.2) is 11.6 Å². The van der Waals surface area contributed by atoms with Gasteiger partial charge in [-0.25, -0.2) is 0 Å². The average Bonchev–Trinajstić information content (AvgIpc) is 3.14. The lowest BCUT2D eigenvalue weighted by Gasteiger charge is -2.58. The van der Waals surface area contributed by atoms with E-state index < -0.39 is 5.79 Å². The van der Waals surface area contributed by atoms with Gasteiger partial charge in [0.05, 0.1) is 6.10 Å². The SMILES string of the molecule is COC1(O[C@H]2CC[C@H]3[C@@H]4CC=C5CC(=O)CC[C@]5(COC(C)=O)[C@H]4CC[C@]23C)CCCCC1. The minimum atomic E-state index is -0.391. The van der Waals surface area contributed by atoms with Crippen molar-refractivity contribution >= 4 is 11.8 Å². The average molecular weight is 459 g/mol. The highest BCUT2D eigenvalue weighted by Gasteiger charge is 2.61. The first-order chi connectivity index (χ1) is 15.8. The van der Waals surface area contributed by atoms with Crippen molar-refractivity contribution in [1.29, 1.82) is 0 Å². The van der Waals surface area contributed by atoms with Crippen LogP contribution >= 0.6 is 0 Å². The molecule has 33 heavy (non-hydrogen) atoms. The molecule has 0 heterocycles. The molecule has 0 aliphatic heterocycles. The van der Waals surface area contributed by atoms with Crippen LogP contribution in [-0.2, 0) is 23.8 Å². The molecule has 4 saturated carbocycles. The highest BCUT2D eigenvalue weighted by atomic mass is 16.7. The summed E-state index contributed by atoms with van der Waals surface area (Å²) in [6.45, 7) is 4.42. The predicted octanol–water partition coefficient (Wildman–Crippen LogP) is 5.75. The van der Waals surface area contributed by atoms with E-state index in [4.69, 9.17) is 14.2 Å². The van der Waals surface area contributed by atoms with Gasteiger partial charge in [-0.2, -0.15) is 0 Å². The van der Waals surface area contributed by atoms with Gasteiger partial charge < -0.3 is 14.2 Å². The topological polar surface area (TPSA) is 61.8 Å². The molecule has 0 aromatic carbocycles. The molecule has 5 aliphatic carbocycles. The van der Waals surface area contributed by atoms with E-state index in [1.807, 2.05) is 7.11 Å². The third-order valence-corrected chi connectivity index (χ3v) is 10.5. The standard InChI is InChI=1S/C28H42O5/c1-19(29)32-18-27-16-11-21(30)17-20(27)7-8-22-23-9-10-25(26(23,2)15-12-24(22)27)33-28(31-3)13-5-4-6-14-28/h7,22-25H,4-6,8-18H2,1-3H3/t22-,23-,24-,25-,26-,27+/m0/s1. The number of ether oxygens (including phenoxy) is 3. The van der Waals surface area contributed by atoms with Gasteiger partial charge in [-0.3, -0.25) is 9.59 Å². The van der Waals surface area contributed by atoms with Crippen molar-refractivity contribution in [3.05, 3.63) is 11.6 Å². The molecule has 0 amide bonds. The van der Waals surface area contributed by atoms with Crippen molar-refractivity contribution in [3.8, 4) is 0 Å². The van der Waals surface area contributed by atoms with Gasteiger partial charge in [-0.1, -0.05) is 25.0 Å². The molecular formula is C28H42O5. The maximum atomic E-state index is 12.3. The molecular weight excluding hydrogens is 416 g/mol. The van der Waals surface area contributed by atoms with Gasteiger partial charge >= 0.3 is 5.97 Å². The summed E-state index contributed by atoms with van der Waals surface area (Å²) in [5.74, 6) is 1.42. The van der Waals surface area contributed by atoms with Crippen LogP contribution in [0.5, 0.6) is 0 Å². The first-order valence-corrected chi connectivity index (χ1v) is 13.4. The Morgan fingerprint density at radius 3 is 2.58 bits per heavy atom. The Kier molecular flexibility index (Phi) is 6.27. The zero-order valence-electron chi connectivity index (χ0n) is 20.8. The number of allylic oxidation sites excluding steroid dienone is 1. The van der Waals surface area contributed by atoms with E-state index in [1.54, 1.807) is 0 Å². The second kappa shape index (κ2) is 8.78. The van der Waals surface area contributed by atoms with E-state index in [0.717, 1.165) is 44.9 Å². The second-order valence-corrected chi connectivity index (χ2v) is 11.9. The van der Waals surface area contributed by atoms with Gasteiger partial charge in [0.15, 0.2) is 5.79 Å². The van der Waals surface area contributed by atoms with Crippen LogP contribution < -0.4 is 0 Å². The van der Waals surface area contributed by atoms with E-state index in [9.17, 15) is 9.59 Å². The van der Waals surface area contributed by atoms with Gasteiger partial charge in [0.2, 0.25) is 0 Å². The fourth-order valence-corrected chi connectivity index (χ4v) is 8.65. The fraction of sp³-hybridized carbons (Fsp3) is 0.857. The summed E-state index contributed by atoms with van der Waals surface area (Å²) in [5, 5.41) is 0. The number of carbonyl (C=O) groups excluding carboxylic acids is 2. The number of hydrogen-bond donors (Lipinski definition) is 0. The Morgan fingerprint density at radius 1 is 1.06 bits per heavy atom. The zero-order valence-corrected chi connectivity index (χ0v) is 20.8. The van der Waals surface area contributed by atoms with Crippen LogP contribution in [0.3, 0.4) is 0 Å². The summed E-state index contributed by atoms with van der Waals surface area (Å²) in [6, 6.07) is 0. The van der Waals surface area contributed by atoms with E-state index in [2.05, 4.69) is 13.0 Å². The minimum Gasteiger partial charge on any atom is -0.465 e. The Hall–Kier alpha value is -1.20. The molecule has 0 aromatic rings. The molecule has 0 spiro atoms. The summed E-state index contributed by atoms with van der Waals surface area (Å²) >= 11 is 0. The monoisotopic (exact) mass is 458 g/mol. The Balaban J connectivity index is 1.40. The molecule has 0 bridgehead atoms. The van der Waals surface area contributed by atoms with Gasteiger partial charge in [-0.05, 0) is 74.5 Å². The minimum absolute atomic E-state index is 0.139. The predicted molar refractivity (Wildman–Crippen MR) is 125 cm³/mol. The van der Waals surface area contributed by atoms with Crippen molar-refractivity contribution in [2.75, 3.05) is 13.7 Å². The van der Waals surface area contributed by atoms with Crippen LogP contribution in [0.2, 0.25) is 0 Å². The second-order valence-electron chi connectivity index (χ2n) is 11.9. The van der Waals surface area contributed by atoms with Gasteiger partial charge in [0.1, 0.15) is 12.4 Å². The first-order valence-electron chi connectivity index (χ1n) is 13.4. The van der Waals surface area contributed by atoms with E-state index in [-0.39, 0.29) is 22.9 Å². The van der Waals surface area contributed by atoms with Crippen molar-refractivity contribution in [2.24, 2.45) is 28.6 Å². The number of methoxy groups -OCH3 is 1. The van der Waals surface area contributed by atoms with Crippen LogP contribution in [0, 0.1) is 28.6 Å². The van der Waals surface area contributed by atoms with Gasteiger partial charge in [-0.15, -0.1) is 0 Å². The number of hydrogen-bond acceptors (Lipinski definition) is 5. The molecule has 0 unspecified atom stereocenters. The maximum Gasteiger partial charge on any atom is 0.302 e. The number of carbonyl (C=O) groups is 2. The number of ketones is 1. The lowest BCUT2D eigenvalue weighted by atomic mass is 9.47. The Bertz CT molecular complexity index is 811. The quantitative estimate of drug-likeness (QED) is 0.298. The molecule has 5 heteroatoms. The van der Waals surface area contributed by atoms with E-state index >= 15 is 0 Å². The highest BCUT2D eigenvalue weighted by Crippen LogP contribution is 2.65. The Labute approximate surface area is 199 Å².